The topological polar surface area (TPSA) is 68.3 Å². The molecule has 0 bridgehead atoms. The van der Waals surface area contributed by atoms with Crippen molar-refractivity contribution in [2.24, 2.45) is 0 Å². The van der Waals surface area contributed by atoms with E-state index in [0.717, 1.165) is 17.7 Å². The van der Waals surface area contributed by atoms with Crippen molar-refractivity contribution in [3.63, 3.8) is 0 Å². The summed E-state index contributed by atoms with van der Waals surface area (Å²) in [4.78, 5) is 30.4. The Morgan fingerprint density at radius 1 is 1.15 bits per heavy atom. The van der Waals surface area contributed by atoms with E-state index in [9.17, 15) is 9.59 Å². The van der Waals surface area contributed by atoms with Gasteiger partial charge in [-0.2, -0.15) is 0 Å². The summed E-state index contributed by atoms with van der Waals surface area (Å²) in [7, 11) is 3.04. The highest BCUT2D eigenvalue weighted by molar-refractivity contribution is 7.10. The van der Waals surface area contributed by atoms with Crippen LogP contribution in [0.4, 0.5) is 0 Å². The lowest BCUT2D eigenvalue weighted by Gasteiger charge is -2.37. The Hall–Kier alpha value is -2.42. The van der Waals surface area contributed by atoms with Crippen molar-refractivity contribution in [2.45, 2.75) is 32.2 Å². The van der Waals surface area contributed by atoms with Gasteiger partial charge in [-0.3, -0.25) is 9.59 Å². The molecular formula is C25H34N2O5S. The van der Waals surface area contributed by atoms with Gasteiger partial charge in [-0.05, 0) is 47.0 Å². The molecule has 1 aliphatic rings. The first-order valence-electron chi connectivity index (χ1n) is 11.3. The van der Waals surface area contributed by atoms with Crippen molar-refractivity contribution in [1.82, 2.24) is 9.80 Å². The van der Waals surface area contributed by atoms with Crippen LogP contribution in [-0.4, -0.2) is 75.3 Å². The second-order valence-electron chi connectivity index (χ2n) is 8.43. The summed E-state index contributed by atoms with van der Waals surface area (Å²) in [6, 6.07) is 10.0. The van der Waals surface area contributed by atoms with E-state index >= 15 is 0 Å². The van der Waals surface area contributed by atoms with Crippen LogP contribution in [0.3, 0.4) is 0 Å². The van der Waals surface area contributed by atoms with Gasteiger partial charge in [0.2, 0.25) is 11.8 Å². The molecule has 1 aromatic heterocycles. The predicted octanol–water partition coefficient (Wildman–Crippen LogP) is 3.50. The van der Waals surface area contributed by atoms with Crippen molar-refractivity contribution >= 4 is 23.2 Å². The summed E-state index contributed by atoms with van der Waals surface area (Å²) in [5, 5.41) is 2.07. The molecule has 1 unspecified atom stereocenters. The van der Waals surface area contributed by atoms with Crippen LogP contribution >= 0.6 is 11.3 Å². The van der Waals surface area contributed by atoms with Crippen LogP contribution in [0.25, 0.3) is 0 Å². The molecule has 0 radical (unpaired) electrons. The molecule has 33 heavy (non-hydrogen) atoms. The maximum atomic E-state index is 13.4. The molecule has 1 aromatic carbocycles. The van der Waals surface area contributed by atoms with Crippen LogP contribution in [0.1, 0.15) is 41.8 Å². The number of carbonyl (C=O) groups is 2. The third-order valence-electron chi connectivity index (χ3n) is 5.88. The van der Waals surface area contributed by atoms with Crippen LogP contribution < -0.4 is 4.74 Å². The number of nitrogens with zero attached hydrogens (tertiary/aromatic N) is 2. The fourth-order valence-corrected chi connectivity index (χ4v) is 4.89. The highest BCUT2D eigenvalue weighted by Crippen LogP contribution is 2.34. The molecule has 0 saturated heterocycles. The lowest BCUT2D eigenvalue weighted by atomic mass is 10.00. The molecule has 2 heterocycles. The molecule has 1 aliphatic heterocycles. The minimum Gasteiger partial charge on any atom is -0.491 e. The molecule has 0 N–H and O–H groups in total. The number of methoxy groups -OCH3 is 2. The molecule has 3 rings (SSSR count). The average Bonchev–Trinajstić information content (AvgIpc) is 3.29. The largest absolute Gasteiger partial charge is 0.491 e. The maximum Gasteiger partial charge on any atom is 0.249 e. The van der Waals surface area contributed by atoms with E-state index in [1.165, 1.54) is 22.5 Å². The van der Waals surface area contributed by atoms with Crippen molar-refractivity contribution in [3.05, 3.63) is 51.7 Å². The van der Waals surface area contributed by atoms with E-state index in [2.05, 4.69) is 37.4 Å². The van der Waals surface area contributed by atoms with Gasteiger partial charge in [-0.15, -0.1) is 11.3 Å². The number of amides is 2. The Kier molecular flexibility index (Phi) is 9.29. The third-order valence-corrected chi connectivity index (χ3v) is 6.88. The molecular weight excluding hydrogens is 440 g/mol. The number of benzene rings is 1. The van der Waals surface area contributed by atoms with Crippen LogP contribution in [0.15, 0.2) is 35.7 Å². The summed E-state index contributed by atoms with van der Waals surface area (Å²) in [5.41, 5.74) is 2.39. The van der Waals surface area contributed by atoms with E-state index in [4.69, 9.17) is 14.2 Å². The Labute approximate surface area is 200 Å². The average molecular weight is 475 g/mol. The normalized spacial score (nSPS) is 15.4. The lowest BCUT2D eigenvalue weighted by molar-refractivity contribution is -0.145. The number of fused-ring (bicyclic) bond motifs is 1. The molecule has 180 valence electrons. The minimum absolute atomic E-state index is 0.00932. The van der Waals surface area contributed by atoms with E-state index in [0.29, 0.717) is 32.2 Å². The predicted molar refractivity (Wildman–Crippen MR) is 129 cm³/mol. The van der Waals surface area contributed by atoms with Crippen LogP contribution in [0, 0.1) is 0 Å². The van der Waals surface area contributed by atoms with Crippen molar-refractivity contribution in [3.8, 4) is 5.75 Å². The van der Waals surface area contributed by atoms with Crippen molar-refractivity contribution < 1.29 is 23.8 Å². The second kappa shape index (κ2) is 12.2. The third kappa shape index (κ3) is 6.56. The zero-order valence-electron chi connectivity index (χ0n) is 19.9. The Balaban J connectivity index is 1.73. The molecule has 7 nitrogen and oxygen atoms in total. The molecule has 0 fully saturated rings. The van der Waals surface area contributed by atoms with Gasteiger partial charge in [0.25, 0.3) is 0 Å². The van der Waals surface area contributed by atoms with E-state index in [-0.39, 0.29) is 31.0 Å². The standard InChI is InChI=1S/C25H34N2O5S/c1-18(2)19-5-7-20(8-6-19)32-16-22-21-10-14-33-23(21)9-11-27(22)24(28)15-26(12-13-30-3)25(29)17-31-4/h5-8,10,14,18,22H,9,11-13,15-17H2,1-4H3. The van der Waals surface area contributed by atoms with Crippen molar-refractivity contribution in [2.75, 3.05) is 53.7 Å². The van der Waals surface area contributed by atoms with Crippen LogP contribution in [0.2, 0.25) is 0 Å². The van der Waals surface area contributed by atoms with Gasteiger partial charge in [-0.1, -0.05) is 26.0 Å². The van der Waals surface area contributed by atoms with Gasteiger partial charge < -0.3 is 24.0 Å². The summed E-state index contributed by atoms with van der Waals surface area (Å²) in [5.74, 6) is 0.914. The smallest absolute Gasteiger partial charge is 0.249 e. The molecule has 0 saturated carbocycles. The first-order chi connectivity index (χ1) is 15.9. The first-order valence-corrected chi connectivity index (χ1v) is 12.2. The number of rotatable bonds is 11. The van der Waals surface area contributed by atoms with Gasteiger partial charge in [0.05, 0.1) is 19.2 Å². The van der Waals surface area contributed by atoms with E-state index in [1.54, 1.807) is 18.4 Å². The SMILES string of the molecule is COCCN(CC(=O)N1CCc2sccc2C1COc1ccc(C(C)C)cc1)C(=O)COC. The van der Waals surface area contributed by atoms with Gasteiger partial charge in [0, 0.05) is 32.2 Å². The van der Waals surface area contributed by atoms with Gasteiger partial charge in [0.15, 0.2) is 0 Å². The molecule has 8 heteroatoms. The fourth-order valence-electron chi connectivity index (χ4n) is 3.96. The highest BCUT2D eigenvalue weighted by Gasteiger charge is 2.33. The quantitative estimate of drug-likeness (QED) is 0.499. The number of hydrogen-bond donors (Lipinski definition) is 0. The van der Waals surface area contributed by atoms with Gasteiger partial charge in [0.1, 0.15) is 19.0 Å². The maximum absolute atomic E-state index is 13.4. The van der Waals surface area contributed by atoms with Crippen LogP contribution in [0.5, 0.6) is 5.75 Å². The van der Waals surface area contributed by atoms with E-state index < -0.39 is 0 Å². The van der Waals surface area contributed by atoms with Gasteiger partial charge >= 0.3 is 0 Å². The molecule has 2 aromatic rings. The van der Waals surface area contributed by atoms with Gasteiger partial charge in [-0.25, -0.2) is 0 Å². The molecule has 1 atom stereocenters. The summed E-state index contributed by atoms with van der Waals surface area (Å²) < 4.78 is 16.2. The fraction of sp³-hybridized carbons (Fsp3) is 0.520. The monoisotopic (exact) mass is 474 g/mol. The van der Waals surface area contributed by atoms with E-state index in [1.807, 2.05) is 17.0 Å². The highest BCUT2D eigenvalue weighted by atomic mass is 32.1. The first kappa shape index (κ1) is 25.2. The number of carbonyl (C=O) groups excluding carboxylic acids is 2. The lowest BCUT2D eigenvalue weighted by Crippen LogP contribution is -2.49. The zero-order valence-corrected chi connectivity index (χ0v) is 20.7. The number of ether oxygens (including phenoxy) is 3. The second-order valence-corrected chi connectivity index (χ2v) is 9.43. The summed E-state index contributed by atoms with van der Waals surface area (Å²) in [6.07, 6.45) is 0.808. The summed E-state index contributed by atoms with van der Waals surface area (Å²) >= 11 is 1.72. The Morgan fingerprint density at radius 3 is 2.58 bits per heavy atom. The molecule has 0 spiro atoms. The Bertz CT molecular complexity index is 912. The molecule has 0 aliphatic carbocycles. The zero-order chi connectivity index (χ0) is 23.8. The van der Waals surface area contributed by atoms with Crippen molar-refractivity contribution in [1.29, 1.82) is 0 Å². The van der Waals surface area contributed by atoms with Crippen LogP contribution in [-0.2, 0) is 25.5 Å². The number of hydrogen-bond acceptors (Lipinski definition) is 6. The minimum atomic E-state index is -0.228. The Morgan fingerprint density at radius 2 is 1.91 bits per heavy atom. The summed E-state index contributed by atoms with van der Waals surface area (Å²) in [6.45, 7) is 5.90. The number of thiophene rings is 1. The molecule has 2 amide bonds.